The summed E-state index contributed by atoms with van der Waals surface area (Å²) >= 11 is 0. The van der Waals surface area contributed by atoms with Crippen molar-refractivity contribution in [1.82, 2.24) is 10.9 Å². The monoisotopic (exact) mass is 368 g/mol. The molecule has 1 amide bonds. The fourth-order valence-corrected chi connectivity index (χ4v) is 2.32. The van der Waals surface area contributed by atoms with Gasteiger partial charge in [-0.25, -0.2) is 5.43 Å². The second-order valence-electron chi connectivity index (χ2n) is 5.64. The van der Waals surface area contributed by atoms with Crippen LogP contribution in [0.15, 0.2) is 48.5 Å². The summed E-state index contributed by atoms with van der Waals surface area (Å²) < 4.78 is 10.9. The van der Waals surface area contributed by atoms with Crippen molar-refractivity contribution in [2.75, 3.05) is 13.7 Å². The van der Waals surface area contributed by atoms with Crippen molar-refractivity contribution >= 4 is 5.91 Å². The Hall–Kier alpha value is -3.01. The number of hydrogen-bond acceptors (Lipinski definition) is 5. The first-order valence-corrected chi connectivity index (χ1v) is 8.66. The number of ether oxygens (including phenoxy) is 2. The van der Waals surface area contributed by atoms with Crippen LogP contribution in [0.3, 0.4) is 0 Å². The normalized spacial score (nSPS) is 11.1. The molecule has 0 spiro atoms. The summed E-state index contributed by atoms with van der Waals surface area (Å²) in [5.74, 6) is 6.52. The Morgan fingerprint density at radius 1 is 1.15 bits per heavy atom. The molecule has 6 nitrogen and oxygen atoms in total. The first-order chi connectivity index (χ1) is 13.2. The summed E-state index contributed by atoms with van der Waals surface area (Å²) in [5, 5.41) is 10.0. The first-order valence-electron chi connectivity index (χ1n) is 8.66. The predicted octanol–water partition coefficient (Wildman–Crippen LogP) is 2.34. The van der Waals surface area contributed by atoms with E-state index in [1.54, 1.807) is 37.4 Å². The molecule has 2 aromatic rings. The van der Waals surface area contributed by atoms with E-state index in [0.29, 0.717) is 30.2 Å². The molecule has 0 fully saturated rings. The van der Waals surface area contributed by atoms with Gasteiger partial charge in [0, 0.05) is 13.0 Å². The second-order valence-corrected chi connectivity index (χ2v) is 5.64. The number of amides is 1. The van der Waals surface area contributed by atoms with Crippen LogP contribution in [0.25, 0.3) is 0 Å². The number of carbonyl (C=O) groups is 1. The Balaban J connectivity index is 1.87. The molecule has 0 radical (unpaired) electrons. The van der Waals surface area contributed by atoms with E-state index >= 15 is 0 Å². The van der Waals surface area contributed by atoms with Crippen molar-refractivity contribution < 1.29 is 19.4 Å². The van der Waals surface area contributed by atoms with Gasteiger partial charge in [0.25, 0.3) is 5.91 Å². The van der Waals surface area contributed by atoms with Crippen LogP contribution in [-0.4, -0.2) is 24.7 Å². The predicted molar refractivity (Wildman–Crippen MR) is 103 cm³/mol. The highest BCUT2D eigenvalue weighted by molar-refractivity contribution is 5.81. The average molecular weight is 368 g/mol. The molecule has 2 rings (SSSR count). The third-order valence-electron chi connectivity index (χ3n) is 3.70. The lowest BCUT2D eigenvalue weighted by atomic mass is 10.1. The van der Waals surface area contributed by atoms with Gasteiger partial charge in [0.2, 0.25) is 0 Å². The number of hydrazine groups is 1. The van der Waals surface area contributed by atoms with Crippen LogP contribution in [0, 0.1) is 11.8 Å². The minimum Gasteiger partial charge on any atom is -0.493 e. The van der Waals surface area contributed by atoms with Crippen LogP contribution in [0.1, 0.15) is 30.6 Å². The molecule has 3 N–H and O–H groups in total. The van der Waals surface area contributed by atoms with E-state index < -0.39 is 12.0 Å². The molecule has 6 heteroatoms. The molecule has 1 unspecified atom stereocenters. The van der Waals surface area contributed by atoms with Gasteiger partial charge in [-0.3, -0.25) is 10.2 Å². The molecule has 0 saturated carbocycles. The smallest absolute Gasteiger partial charge is 0.267 e. The molecule has 0 aliphatic rings. The number of methoxy groups -OCH3 is 1. The standard InChI is InChI=1S/C21H24N2O4/c1-3-4-8-13-27-18-12-11-16(14-19(18)26-2)15-22-23-21(25)20(24)17-9-6-5-7-10-17/h5-7,9-12,14,20,22,24H,3,13,15H2,1-2H3,(H,23,25). The Morgan fingerprint density at radius 2 is 1.93 bits per heavy atom. The Kier molecular flexibility index (Phi) is 8.17. The van der Waals surface area contributed by atoms with Gasteiger partial charge in [-0.05, 0) is 23.3 Å². The lowest BCUT2D eigenvalue weighted by Gasteiger charge is -2.14. The minimum atomic E-state index is -1.23. The van der Waals surface area contributed by atoms with Gasteiger partial charge in [-0.2, -0.15) is 0 Å². The second kappa shape index (κ2) is 10.9. The van der Waals surface area contributed by atoms with Crippen molar-refractivity contribution in [2.24, 2.45) is 0 Å². The fraction of sp³-hybridized carbons (Fsp3) is 0.286. The van der Waals surface area contributed by atoms with Gasteiger partial charge in [0.05, 0.1) is 7.11 Å². The summed E-state index contributed by atoms with van der Waals surface area (Å²) in [6.07, 6.45) is -0.441. The summed E-state index contributed by atoms with van der Waals surface area (Å²) in [6, 6.07) is 14.2. The lowest BCUT2D eigenvalue weighted by Crippen LogP contribution is -2.39. The van der Waals surface area contributed by atoms with E-state index in [-0.39, 0.29) is 0 Å². The molecule has 0 aromatic heterocycles. The molecule has 27 heavy (non-hydrogen) atoms. The molecular weight excluding hydrogens is 344 g/mol. The maximum Gasteiger partial charge on any atom is 0.267 e. The number of rotatable bonds is 8. The molecule has 0 saturated heterocycles. The van der Waals surface area contributed by atoms with Crippen LogP contribution in [-0.2, 0) is 11.3 Å². The van der Waals surface area contributed by atoms with Crippen LogP contribution in [0.2, 0.25) is 0 Å². The van der Waals surface area contributed by atoms with Crippen molar-refractivity contribution in [3.8, 4) is 23.3 Å². The number of nitrogens with one attached hydrogen (secondary N) is 2. The average Bonchev–Trinajstić information content (AvgIpc) is 2.71. The molecule has 0 aliphatic carbocycles. The van der Waals surface area contributed by atoms with E-state index in [2.05, 4.69) is 22.7 Å². The number of aliphatic hydroxyl groups excluding tert-OH is 1. The van der Waals surface area contributed by atoms with Crippen molar-refractivity contribution in [2.45, 2.75) is 26.0 Å². The molecule has 0 bridgehead atoms. The van der Waals surface area contributed by atoms with Crippen molar-refractivity contribution in [3.63, 3.8) is 0 Å². The SMILES string of the molecule is CCC#CCOc1ccc(CNNC(=O)C(O)c2ccccc2)cc1OC. The molecule has 1 atom stereocenters. The maximum absolute atomic E-state index is 12.0. The highest BCUT2D eigenvalue weighted by Crippen LogP contribution is 2.27. The maximum atomic E-state index is 12.0. The Bertz CT molecular complexity index is 797. The molecular formula is C21H24N2O4. The third-order valence-corrected chi connectivity index (χ3v) is 3.70. The molecule has 0 aliphatic heterocycles. The topological polar surface area (TPSA) is 79.8 Å². The largest absolute Gasteiger partial charge is 0.493 e. The van der Waals surface area contributed by atoms with Gasteiger partial charge in [-0.15, -0.1) is 5.92 Å². The van der Waals surface area contributed by atoms with Gasteiger partial charge in [0.15, 0.2) is 17.6 Å². The zero-order valence-corrected chi connectivity index (χ0v) is 15.5. The third kappa shape index (κ3) is 6.33. The summed E-state index contributed by atoms with van der Waals surface area (Å²) in [6.45, 7) is 2.64. The molecule has 2 aromatic carbocycles. The minimum absolute atomic E-state index is 0.301. The van der Waals surface area contributed by atoms with E-state index in [9.17, 15) is 9.90 Å². The van der Waals surface area contributed by atoms with Gasteiger partial charge < -0.3 is 14.6 Å². The van der Waals surface area contributed by atoms with E-state index in [0.717, 1.165) is 12.0 Å². The van der Waals surface area contributed by atoms with Gasteiger partial charge >= 0.3 is 0 Å². The first kappa shape index (κ1) is 20.3. The highest BCUT2D eigenvalue weighted by atomic mass is 16.5. The van der Waals surface area contributed by atoms with E-state index in [1.807, 2.05) is 25.1 Å². The molecule has 142 valence electrons. The summed E-state index contributed by atoms with van der Waals surface area (Å²) in [5.41, 5.74) is 6.72. The zero-order chi connectivity index (χ0) is 19.5. The van der Waals surface area contributed by atoms with E-state index in [4.69, 9.17) is 9.47 Å². The van der Waals surface area contributed by atoms with Crippen molar-refractivity contribution in [1.29, 1.82) is 0 Å². The van der Waals surface area contributed by atoms with E-state index in [1.165, 1.54) is 0 Å². The number of carbonyl (C=O) groups excluding carboxylic acids is 1. The number of aliphatic hydroxyl groups is 1. The number of benzene rings is 2. The highest BCUT2D eigenvalue weighted by Gasteiger charge is 2.16. The lowest BCUT2D eigenvalue weighted by molar-refractivity contribution is -0.130. The van der Waals surface area contributed by atoms with Gasteiger partial charge in [-0.1, -0.05) is 49.2 Å². The zero-order valence-electron chi connectivity index (χ0n) is 15.5. The Labute approximate surface area is 159 Å². The fourth-order valence-electron chi connectivity index (χ4n) is 2.32. The van der Waals surface area contributed by atoms with Gasteiger partial charge in [0.1, 0.15) is 6.61 Å². The number of hydrogen-bond donors (Lipinski definition) is 3. The van der Waals surface area contributed by atoms with Crippen molar-refractivity contribution in [3.05, 3.63) is 59.7 Å². The van der Waals surface area contributed by atoms with Crippen LogP contribution in [0.5, 0.6) is 11.5 Å². The van der Waals surface area contributed by atoms with Crippen LogP contribution < -0.4 is 20.3 Å². The quantitative estimate of drug-likeness (QED) is 0.492. The van der Waals surface area contributed by atoms with Crippen LogP contribution in [0.4, 0.5) is 0 Å². The molecule has 0 heterocycles. The summed E-state index contributed by atoms with van der Waals surface area (Å²) in [7, 11) is 1.56. The summed E-state index contributed by atoms with van der Waals surface area (Å²) in [4.78, 5) is 12.0. The Morgan fingerprint density at radius 3 is 2.63 bits per heavy atom. The van der Waals surface area contributed by atoms with Crippen LogP contribution >= 0.6 is 0 Å².